The number of nitriles is 4. The molecule has 0 radical (unpaired) electrons. The lowest BCUT2D eigenvalue weighted by molar-refractivity contribution is 1.28. The van der Waals surface area contributed by atoms with Gasteiger partial charge in [0.1, 0.15) is 12.1 Å². The number of thiophene rings is 2. The van der Waals surface area contributed by atoms with Gasteiger partial charge in [0.15, 0.2) is 0 Å². The summed E-state index contributed by atoms with van der Waals surface area (Å²) in [5.41, 5.74) is 11.3. The minimum absolute atomic E-state index is 0.357. The number of benzene rings is 8. The van der Waals surface area contributed by atoms with Crippen molar-refractivity contribution in [1.29, 1.82) is 21.0 Å². The van der Waals surface area contributed by atoms with Crippen LogP contribution >= 0.6 is 22.7 Å². The summed E-state index contributed by atoms with van der Waals surface area (Å²) < 4.78 is 4.59. The zero-order valence-electron chi connectivity index (χ0n) is 31.1. The maximum absolute atomic E-state index is 9.64. The normalized spacial score (nSPS) is 11.0. The molecule has 0 aliphatic heterocycles. The third-order valence-electron chi connectivity index (χ3n) is 10.8. The van der Waals surface area contributed by atoms with E-state index in [1.807, 2.05) is 54.6 Å². The first-order valence-electron chi connectivity index (χ1n) is 18.8. The first-order chi connectivity index (χ1) is 29.0. The SMILES string of the molecule is N#Cc1ccc2c(c1)sc1cc(-c3ccc(N(c4ccc(-c5ccc(C#N)c(C#N)c5)cc4)c4ccc(-c5ccc6c(c5)sc5cc(C#N)ccc56)cc4)cc3)ccc12. The molecule has 0 atom stereocenters. The van der Waals surface area contributed by atoms with Crippen LogP contribution in [0, 0.1) is 45.3 Å². The molecule has 0 spiro atoms. The molecular weight excluding hydrogens is 759 g/mol. The Bertz CT molecular complexity index is 3300. The first kappa shape index (κ1) is 35.4. The van der Waals surface area contributed by atoms with Gasteiger partial charge >= 0.3 is 0 Å². The van der Waals surface area contributed by atoms with Crippen molar-refractivity contribution in [3.05, 3.63) is 186 Å². The molecule has 2 aromatic heterocycles. The summed E-state index contributed by atoms with van der Waals surface area (Å²) in [5.74, 6) is 0. The summed E-state index contributed by atoms with van der Waals surface area (Å²) >= 11 is 3.42. The van der Waals surface area contributed by atoms with Crippen molar-refractivity contribution in [3.8, 4) is 57.7 Å². The number of nitrogens with zero attached hydrogens (tertiary/aromatic N) is 5. The van der Waals surface area contributed by atoms with Crippen LogP contribution in [0.25, 0.3) is 73.7 Å². The van der Waals surface area contributed by atoms with E-state index in [-0.39, 0.29) is 0 Å². The zero-order valence-corrected chi connectivity index (χ0v) is 32.8. The molecule has 10 rings (SSSR count). The first-order valence-corrected chi connectivity index (χ1v) is 20.4. The molecule has 0 saturated carbocycles. The number of fused-ring (bicyclic) bond motifs is 6. The highest BCUT2D eigenvalue weighted by Crippen LogP contribution is 2.41. The predicted octanol–water partition coefficient (Wildman–Crippen LogP) is 14.4. The highest BCUT2D eigenvalue weighted by atomic mass is 32.1. The minimum Gasteiger partial charge on any atom is -0.311 e. The molecule has 0 bridgehead atoms. The van der Waals surface area contributed by atoms with E-state index in [2.05, 4.69) is 126 Å². The van der Waals surface area contributed by atoms with Crippen molar-refractivity contribution < 1.29 is 0 Å². The Morgan fingerprint density at radius 2 is 0.644 bits per heavy atom. The van der Waals surface area contributed by atoms with Gasteiger partial charge in [-0.2, -0.15) is 21.0 Å². The Labute approximate surface area is 348 Å². The van der Waals surface area contributed by atoms with Crippen LogP contribution in [0.5, 0.6) is 0 Å². The van der Waals surface area contributed by atoms with E-state index in [1.54, 1.807) is 34.8 Å². The standard InChI is InChI=1S/C52H27N5S2/c53-28-32-1-19-45-47-21-11-38(26-51(47)58-49(45)23-32)35-7-15-43(16-8-35)57(42-13-5-34(6-14-42)37-3-4-40(30-55)41(25-37)31-56)44-17-9-36(10-18-44)39-12-22-48-46-20-2-33(29-54)24-50(46)59-52(48)27-39/h1-27H. The summed E-state index contributed by atoms with van der Waals surface area (Å²) in [6.45, 7) is 0. The molecule has 0 amide bonds. The molecule has 0 saturated heterocycles. The second kappa shape index (κ2) is 14.5. The second-order valence-corrected chi connectivity index (χ2v) is 16.4. The van der Waals surface area contributed by atoms with Gasteiger partial charge in [-0.15, -0.1) is 22.7 Å². The Balaban J connectivity index is 1.01. The fraction of sp³-hybridized carbons (Fsp3) is 0. The lowest BCUT2D eigenvalue weighted by Crippen LogP contribution is -2.09. The fourth-order valence-electron chi connectivity index (χ4n) is 7.82. The van der Waals surface area contributed by atoms with Crippen molar-refractivity contribution in [2.45, 2.75) is 0 Å². The molecule has 7 heteroatoms. The van der Waals surface area contributed by atoms with Crippen molar-refractivity contribution in [2.75, 3.05) is 4.90 Å². The minimum atomic E-state index is 0.357. The van der Waals surface area contributed by atoms with Gasteiger partial charge < -0.3 is 4.90 Å². The third kappa shape index (κ3) is 6.31. The van der Waals surface area contributed by atoms with Gasteiger partial charge in [-0.1, -0.05) is 78.9 Å². The second-order valence-electron chi connectivity index (χ2n) is 14.2. The predicted molar refractivity (Wildman–Crippen MR) is 242 cm³/mol. The smallest absolute Gasteiger partial charge is 0.101 e. The van der Waals surface area contributed by atoms with Crippen LogP contribution in [0.3, 0.4) is 0 Å². The molecule has 0 unspecified atom stereocenters. The van der Waals surface area contributed by atoms with E-state index in [4.69, 9.17) is 0 Å². The Kier molecular flexibility index (Phi) is 8.68. The van der Waals surface area contributed by atoms with E-state index >= 15 is 0 Å². The molecule has 0 fully saturated rings. The third-order valence-corrected chi connectivity index (χ3v) is 13.1. The molecular formula is C52H27N5S2. The van der Waals surface area contributed by atoms with Crippen molar-refractivity contribution in [3.63, 3.8) is 0 Å². The maximum Gasteiger partial charge on any atom is 0.101 e. The van der Waals surface area contributed by atoms with Crippen LogP contribution in [0.1, 0.15) is 22.3 Å². The highest BCUT2D eigenvalue weighted by molar-refractivity contribution is 7.26. The van der Waals surface area contributed by atoms with Gasteiger partial charge in [0.25, 0.3) is 0 Å². The lowest BCUT2D eigenvalue weighted by Gasteiger charge is -2.26. The molecule has 2 heterocycles. The van der Waals surface area contributed by atoms with Crippen molar-refractivity contribution >= 4 is 80.1 Å². The van der Waals surface area contributed by atoms with Crippen LogP contribution in [0.4, 0.5) is 17.1 Å². The van der Waals surface area contributed by atoms with Crippen LogP contribution in [-0.2, 0) is 0 Å². The van der Waals surface area contributed by atoms with Crippen LogP contribution in [0.15, 0.2) is 164 Å². The molecule has 59 heavy (non-hydrogen) atoms. The quantitative estimate of drug-likeness (QED) is 0.167. The van der Waals surface area contributed by atoms with Gasteiger partial charge in [0.2, 0.25) is 0 Å². The monoisotopic (exact) mass is 785 g/mol. The molecule has 5 nitrogen and oxygen atoms in total. The van der Waals surface area contributed by atoms with Gasteiger partial charge in [0.05, 0.1) is 34.4 Å². The summed E-state index contributed by atoms with van der Waals surface area (Å²) in [6.07, 6.45) is 0. The molecule has 0 aliphatic carbocycles. The van der Waals surface area contributed by atoms with E-state index in [0.29, 0.717) is 22.3 Å². The maximum atomic E-state index is 9.64. The molecule has 10 aromatic rings. The Hall–Kier alpha value is -8.04. The molecule has 8 aromatic carbocycles. The Morgan fingerprint density at radius 1 is 0.305 bits per heavy atom. The van der Waals surface area contributed by atoms with Gasteiger partial charge in [-0.25, -0.2) is 0 Å². The summed E-state index contributed by atoms with van der Waals surface area (Å²) in [4.78, 5) is 2.24. The highest BCUT2D eigenvalue weighted by Gasteiger charge is 2.16. The zero-order chi connectivity index (χ0) is 40.0. The average molecular weight is 786 g/mol. The largest absolute Gasteiger partial charge is 0.311 e. The van der Waals surface area contributed by atoms with Gasteiger partial charge in [-0.3, -0.25) is 0 Å². The summed E-state index contributed by atoms with van der Waals surface area (Å²) in [6, 6.07) is 64.5. The van der Waals surface area contributed by atoms with Crippen LogP contribution in [-0.4, -0.2) is 0 Å². The van der Waals surface area contributed by atoms with E-state index in [0.717, 1.165) is 59.8 Å². The Morgan fingerprint density at radius 3 is 1.03 bits per heavy atom. The van der Waals surface area contributed by atoms with Gasteiger partial charge in [-0.05, 0) is 118 Å². The lowest BCUT2D eigenvalue weighted by atomic mass is 9.99. The average Bonchev–Trinajstić information content (AvgIpc) is 3.86. The number of hydrogen-bond acceptors (Lipinski definition) is 7. The van der Waals surface area contributed by atoms with E-state index in [1.165, 1.54) is 30.9 Å². The van der Waals surface area contributed by atoms with E-state index < -0.39 is 0 Å². The number of rotatable bonds is 6. The summed E-state index contributed by atoms with van der Waals surface area (Å²) in [5, 5.41) is 42.6. The van der Waals surface area contributed by atoms with Crippen LogP contribution in [0.2, 0.25) is 0 Å². The molecule has 272 valence electrons. The molecule has 0 N–H and O–H groups in total. The van der Waals surface area contributed by atoms with Crippen LogP contribution < -0.4 is 4.90 Å². The number of anilines is 3. The molecule has 0 aliphatic rings. The van der Waals surface area contributed by atoms with Crippen molar-refractivity contribution in [2.24, 2.45) is 0 Å². The number of hydrogen-bond donors (Lipinski definition) is 0. The summed E-state index contributed by atoms with van der Waals surface area (Å²) in [7, 11) is 0. The van der Waals surface area contributed by atoms with Crippen molar-refractivity contribution in [1.82, 2.24) is 0 Å². The van der Waals surface area contributed by atoms with E-state index in [9.17, 15) is 21.0 Å². The fourth-order valence-corrected chi connectivity index (χ4v) is 10.2. The topological polar surface area (TPSA) is 98.4 Å². The van der Waals surface area contributed by atoms with Gasteiger partial charge in [0, 0.05) is 57.4 Å².